The molecule has 0 bridgehead atoms. The van der Waals surface area contributed by atoms with Gasteiger partial charge in [-0.3, -0.25) is 0 Å². The molecule has 4 heteroatoms. The van der Waals surface area contributed by atoms with Crippen LogP contribution in [0.4, 0.5) is 0 Å². The molecule has 1 radical (unpaired) electrons. The predicted molar refractivity (Wildman–Crippen MR) is 45.2 cm³/mol. The molecule has 2 rings (SSSR count). The van der Waals surface area contributed by atoms with E-state index in [1.165, 1.54) is 6.33 Å². The second-order valence-electron chi connectivity index (χ2n) is 2.25. The number of halogens is 1. The Balaban J connectivity index is 2.48. The number of aromatic nitrogens is 3. The number of rotatable bonds is 1. The van der Waals surface area contributed by atoms with E-state index >= 15 is 0 Å². The van der Waals surface area contributed by atoms with E-state index in [-0.39, 0.29) is 0 Å². The van der Waals surface area contributed by atoms with Gasteiger partial charge in [0.15, 0.2) is 0 Å². The summed E-state index contributed by atoms with van der Waals surface area (Å²) in [4.78, 5) is 3.82. The molecule has 0 spiro atoms. The van der Waals surface area contributed by atoms with Crippen LogP contribution in [0.15, 0.2) is 30.9 Å². The van der Waals surface area contributed by atoms with E-state index in [0.717, 1.165) is 5.69 Å². The summed E-state index contributed by atoms with van der Waals surface area (Å²) in [6, 6.07) is 8.18. The fraction of sp³-hybridized carbons (Fsp3) is 0. The number of nitrogens with zero attached hydrogens (tertiary/aromatic N) is 3. The summed E-state index contributed by atoms with van der Waals surface area (Å²) in [5.74, 6) is 0. The smallest absolute Gasteiger partial charge is 0.138 e. The van der Waals surface area contributed by atoms with E-state index in [2.05, 4.69) is 16.1 Å². The first-order valence-corrected chi connectivity index (χ1v) is 3.76. The molecule has 1 aromatic carbocycles. The average molecular weight is 179 g/mol. The molecule has 0 aliphatic carbocycles. The van der Waals surface area contributed by atoms with Gasteiger partial charge < -0.3 is 0 Å². The summed E-state index contributed by atoms with van der Waals surface area (Å²) in [5.41, 5.74) is 0.861. The summed E-state index contributed by atoms with van der Waals surface area (Å²) < 4.78 is 1.63. The molecule has 0 unspecified atom stereocenters. The summed E-state index contributed by atoms with van der Waals surface area (Å²) in [5, 5.41) is 4.60. The lowest BCUT2D eigenvalue weighted by Gasteiger charge is -1.98. The standard InChI is InChI=1S/C8H5ClN3/c9-7-2-1-3-8(4-7)12-6-10-5-11-12/h2-6H. The van der Waals surface area contributed by atoms with Crippen LogP contribution in [0.3, 0.4) is 0 Å². The highest BCUT2D eigenvalue weighted by atomic mass is 35.5. The van der Waals surface area contributed by atoms with Crippen LogP contribution in [0.1, 0.15) is 0 Å². The van der Waals surface area contributed by atoms with Gasteiger partial charge in [0.05, 0.1) is 5.69 Å². The van der Waals surface area contributed by atoms with Gasteiger partial charge in [0.25, 0.3) is 0 Å². The van der Waals surface area contributed by atoms with Crippen molar-refractivity contribution in [3.05, 3.63) is 41.9 Å². The summed E-state index contributed by atoms with van der Waals surface area (Å²) in [6.45, 7) is 0. The molecule has 1 heterocycles. The molecule has 12 heavy (non-hydrogen) atoms. The van der Waals surface area contributed by atoms with Crippen LogP contribution in [-0.4, -0.2) is 14.8 Å². The third-order valence-electron chi connectivity index (χ3n) is 1.42. The second-order valence-corrected chi connectivity index (χ2v) is 2.69. The van der Waals surface area contributed by atoms with Gasteiger partial charge in [-0.1, -0.05) is 11.6 Å². The number of hydrogen-bond acceptors (Lipinski definition) is 2. The van der Waals surface area contributed by atoms with Crippen molar-refractivity contribution >= 4 is 11.6 Å². The number of hydrogen-bond donors (Lipinski definition) is 0. The lowest BCUT2D eigenvalue weighted by Crippen LogP contribution is -1.93. The predicted octanol–water partition coefficient (Wildman–Crippen LogP) is 1.72. The van der Waals surface area contributed by atoms with E-state index in [0.29, 0.717) is 5.02 Å². The molecule has 0 N–H and O–H groups in total. The Morgan fingerprint density at radius 3 is 3.00 bits per heavy atom. The molecule has 0 aliphatic rings. The van der Waals surface area contributed by atoms with Crippen molar-refractivity contribution in [2.24, 2.45) is 0 Å². The molecule has 0 saturated heterocycles. The molecule has 3 nitrogen and oxygen atoms in total. The monoisotopic (exact) mass is 178 g/mol. The second kappa shape index (κ2) is 2.95. The van der Waals surface area contributed by atoms with Gasteiger partial charge in [0.2, 0.25) is 0 Å². The van der Waals surface area contributed by atoms with Crippen LogP contribution < -0.4 is 0 Å². The third kappa shape index (κ3) is 1.31. The molecular formula is C8H5ClN3. The Morgan fingerprint density at radius 1 is 1.42 bits per heavy atom. The Bertz CT molecular complexity index is 370. The first kappa shape index (κ1) is 7.31. The van der Waals surface area contributed by atoms with Crippen molar-refractivity contribution < 1.29 is 0 Å². The first-order valence-electron chi connectivity index (χ1n) is 3.38. The van der Waals surface area contributed by atoms with Gasteiger partial charge >= 0.3 is 0 Å². The first-order chi connectivity index (χ1) is 5.86. The van der Waals surface area contributed by atoms with Crippen LogP contribution in [0.5, 0.6) is 0 Å². The zero-order chi connectivity index (χ0) is 8.39. The summed E-state index contributed by atoms with van der Waals surface area (Å²) in [6.07, 6.45) is 3.08. The highest BCUT2D eigenvalue weighted by molar-refractivity contribution is 6.30. The third-order valence-corrected chi connectivity index (χ3v) is 1.64. The van der Waals surface area contributed by atoms with E-state index in [9.17, 15) is 0 Å². The SMILES string of the molecule is Clc1c[c]cc(-n2cncn2)c1. The van der Waals surface area contributed by atoms with Crippen molar-refractivity contribution in [1.82, 2.24) is 14.8 Å². The zero-order valence-electron chi connectivity index (χ0n) is 6.11. The average Bonchev–Trinajstić information content (AvgIpc) is 2.56. The minimum atomic E-state index is 0.642. The van der Waals surface area contributed by atoms with Crippen molar-refractivity contribution in [2.75, 3.05) is 0 Å². The molecule has 2 aromatic rings. The highest BCUT2D eigenvalue weighted by Crippen LogP contribution is 2.12. The normalized spacial score (nSPS) is 10.1. The summed E-state index contributed by atoms with van der Waals surface area (Å²) in [7, 11) is 0. The lowest BCUT2D eigenvalue weighted by molar-refractivity contribution is 0.879. The minimum absolute atomic E-state index is 0.642. The van der Waals surface area contributed by atoms with Gasteiger partial charge in [-0.15, -0.1) is 0 Å². The highest BCUT2D eigenvalue weighted by Gasteiger charge is 1.95. The molecule has 59 valence electrons. The van der Waals surface area contributed by atoms with Crippen LogP contribution in [0.2, 0.25) is 5.02 Å². The largest absolute Gasteiger partial charge is 0.223 e. The molecule has 0 amide bonds. The molecule has 1 aromatic heterocycles. The van der Waals surface area contributed by atoms with Crippen LogP contribution >= 0.6 is 11.6 Å². The summed E-state index contributed by atoms with van der Waals surface area (Å²) >= 11 is 5.77. The topological polar surface area (TPSA) is 30.7 Å². The Hall–Kier alpha value is -1.35. The number of benzene rings is 1. The van der Waals surface area contributed by atoms with Crippen molar-refractivity contribution in [2.45, 2.75) is 0 Å². The maximum Gasteiger partial charge on any atom is 0.138 e. The van der Waals surface area contributed by atoms with Gasteiger partial charge in [0.1, 0.15) is 12.7 Å². The van der Waals surface area contributed by atoms with Gasteiger partial charge in [-0.2, -0.15) is 5.10 Å². The molecule has 0 saturated carbocycles. The Kier molecular flexibility index (Phi) is 1.80. The fourth-order valence-electron chi connectivity index (χ4n) is 0.905. The fourth-order valence-corrected chi connectivity index (χ4v) is 1.08. The van der Waals surface area contributed by atoms with E-state index in [4.69, 9.17) is 11.6 Å². The lowest BCUT2D eigenvalue weighted by atomic mass is 10.3. The molecular weight excluding hydrogens is 174 g/mol. The van der Waals surface area contributed by atoms with Crippen LogP contribution in [-0.2, 0) is 0 Å². The molecule has 0 atom stereocenters. The van der Waals surface area contributed by atoms with Crippen molar-refractivity contribution in [3.63, 3.8) is 0 Å². The van der Waals surface area contributed by atoms with Crippen molar-refractivity contribution in [1.29, 1.82) is 0 Å². The van der Waals surface area contributed by atoms with E-state index in [1.807, 2.05) is 0 Å². The quantitative estimate of drug-likeness (QED) is 0.666. The van der Waals surface area contributed by atoms with E-state index in [1.54, 1.807) is 29.2 Å². The maximum atomic E-state index is 5.77. The maximum absolute atomic E-state index is 5.77. The van der Waals surface area contributed by atoms with E-state index < -0.39 is 0 Å². The van der Waals surface area contributed by atoms with Crippen LogP contribution in [0, 0.1) is 6.07 Å². The molecule has 0 aliphatic heterocycles. The minimum Gasteiger partial charge on any atom is -0.223 e. The van der Waals surface area contributed by atoms with Crippen LogP contribution in [0.25, 0.3) is 5.69 Å². The van der Waals surface area contributed by atoms with Gasteiger partial charge in [-0.05, 0) is 24.3 Å². The zero-order valence-corrected chi connectivity index (χ0v) is 6.86. The van der Waals surface area contributed by atoms with Gasteiger partial charge in [-0.25, -0.2) is 9.67 Å². The Labute approximate surface area is 74.6 Å². The molecule has 0 fully saturated rings. The van der Waals surface area contributed by atoms with Gasteiger partial charge in [0, 0.05) is 5.02 Å². The van der Waals surface area contributed by atoms with Crippen molar-refractivity contribution in [3.8, 4) is 5.69 Å². The Morgan fingerprint density at radius 2 is 2.33 bits per heavy atom.